The van der Waals surface area contributed by atoms with Crippen molar-refractivity contribution in [2.75, 3.05) is 17.7 Å². The van der Waals surface area contributed by atoms with Gasteiger partial charge in [-0.2, -0.15) is 36.5 Å². The number of nitrogens with two attached hydrogens (primary N) is 2. The van der Waals surface area contributed by atoms with Gasteiger partial charge in [-0.05, 0) is 54.6 Å². The van der Waals surface area contributed by atoms with Crippen molar-refractivity contribution in [1.82, 2.24) is 19.6 Å². The van der Waals surface area contributed by atoms with Crippen LogP contribution in [0.25, 0.3) is 11.4 Å². The number of halogens is 8. The molecule has 0 aliphatic heterocycles. The smallest absolute Gasteiger partial charge is 0.419 e. The summed E-state index contributed by atoms with van der Waals surface area (Å²) in [6.07, 6.45) is -7.48. The Bertz CT molecular complexity index is 2850. The molecule has 15 nitrogen and oxygen atoms in total. The molecule has 0 aliphatic rings. The molecule has 0 aliphatic carbocycles. The first-order chi connectivity index (χ1) is 28.8. The molecular formula is C37H30ClF7N8O7S2. The van der Waals surface area contributed by atoms with E-state index in [4.69, 9.17) is 26.6 Å². The fraction of sp³-hybridized carbons (Fsp3) is 0.135. The average Bonchev–Trinajstić information content (AvgIpc) is 3.88. The van der Waals surface area contributed by atoms with E-state index in [1.165, 1.54) is 37.4 Å². The van der Waals surface area contributed by atoms with Gasteiger partial charge in [-0.3, -0.25) is 9.59 Å². The molecule has 0 saturated carbocycles. The molecule has 6 aromatic rings. The molecule has 328 valence electrons. The van der Waals surface area contributed by atoms with Gasteiger partial charge < -0.3 is 15.4 Å². The lowest BCUT2D eigenvalue weighted by Gasteiger charge is -2.12. The number of methoxy groups -OCH3 is 1. The molecule has 25 heteroatoms. The summed E-state index contributed by atoms with van der Waals surface area (Å²) in [7, 11) is -7.30. The average molecular weight is 931 g/mol. The number of carbonyl (C=O) groups excluding carboxylic acids is 2. The summed E-state index contributed by atoms with van der Waals surface area (Å²) >= 11 is 5.88. The number of nitrogens with one attached hydrogen (secondary N) is 2. The highest BCUT2D eigenvalue weighted by Gasteiger charge is 2.34. The molecule has 0 atom stereocenters. The lowest BCUT2D eigenvalue weighted by atomic mass is 10.1. The largest absolute Gasteiger partial charge is 0.496 e. The molecule has 4 aromatic carbocycles. The standard InChI is InChI=1S/C19H17F3N4O4S.C18H13ClF4N4O3S/c1-30-16-5-3-2-4-12(16)8-18(27)25-14-6-7-15(17(9-14)31(23,28)29)26-11-13(10-24-26)19(20,21)22;19-13-2-1-3-14(20)12(13)7-17(28)26-11-4-5-15(16(6-11)31(24,29)30)27-9-10(8-25-27)18(21,22)23/h2-7,9-11H,8H2,1H3,(H,25,27)(H2,23,28,29);1-6,8-9H,7H2,(H,26,28)(H2,24,29,30). The number of aromatic nitrogens is 4. The zero-order valence-electron chi connectivity index (χ0n) is 31.4. The summed E-state index contributed by atoms with van der Waals surface area (Å²) in [4.78, 5) is 23.6. The molecule has 6 N–H and O–H groups in total. The molecule has 0 fully saturated rings. The predicted octanol–water partition coefficient (Wildman–Crippen LogP) is 6.24. The Hall–Kier alpha value is -6.34. The number of rotatable bonds is 11. The van der Waals surface area contributed by atoms with Crippen molar-refractivity contribution in [3.8, 4) is 17.1 Å². The number of ether oxygens (including phenoxy) is 1. The van der Waals surface area contributed by atoms with Gasteiger partial charge in [0.2, 0.25) is 31.9 Å². The molecule has 0 saturated heterocycles. The Labute approximate surface area is 352 Å². The van der Waals surface area contributed by atoms with Crippen LogP contribution in [-0.2, 0) is 54.8 Å². The van der Waals surface area contributed by atoms with Gasteiger partial charge in [0.25, 0.3) is 0 Å². The molecule has 2 amide bonds. The summed E-state index contributed by atoms with van der Waals surface area (Å²) in [5.41, 5.74) is -1.98. The lowest BCUT2D eigenvalue weighted by Crippen LogP contribution is -2.18. The van der Waals surface area contributed by atoms with E-state index in [1.807, 2.05) is 0 Å². The minimum Gasteiger partial charge on any atom is -0.496 e. The van der Waals surface area contributed by atoms with E-state index in [2.05, 4.69) is 20.8 Å². The lowest BCUT2D eigenvalue weighted by molar-refractivity contribution is -0.138. The maximum absolute atomic E-state index is 13.8. The quantitative estimate of drug-likeness (QED) is 0.108. The van der Waals surface area contributed by atoms with Gasteiger partial charge in [0, 0.05) is 39.9 Å². The first kappa shape index (κ1) is 46.7. The number of primary sulfonamides is 2. The van der Waals surface area contributed by atoms with Gasteiger partial charge in [0.05, 0.1) is 54.8 Å². The summed E-state index contributed by atoms with van der Waals surface area (Å²) < 4.78 is 145. The Balaban J connectivity index is 0.000000234. The van der Waals surface area contributed by atoms with Crippen LogP contribution in [0.2, 0.25) is 5.02 Å². The van der Waals surface area contributed by atoms with Gasteiger partial charge in [-0.1, -0.05) is 35.9 Å². The highest BCUT2D eigenvalue weighted by Crippen LogP contribution is 2.32. The fourth-order valence-corrected chi connectivity index (χ4v) is 7.23. The highest BCUT2D eigenvalue weighted by atomic mass is 35.5. The molecule has 2 heterocycles. The maximum Gasteiger partial charge on any atom is 0.419 e. The number of benzene rings is 4. The van der Waals surface area contributed by atoms with Crippen LogP contribution in [0.3, 0.4) is 0 Å². The first-order valence-corrected chi connectivity index (χ1v) is 20.5. The van der Waals surface area contributed by atoms with Crippen LogP contribution in [0.15, 0.2) is 113 Å². The number of sulfonamides is 2. The van der Waals surface area contributed by atoms with Crippen molar-refractivity contribution < 1.29 is 61.9 Å². The summed E-state index contributed by atoms with van der Waals surface area (Å²) in [6, 6.07) is 17.7. The van der Waals surface area contributed by atoms with E-state index >= 15 is 0 Å². The van der Waals surface area contributed by atoms with Crippen LogP contribution in [0.1, 0.15) is 22.3 Å². The van der Waals surface area contributed by atoms with Crippen molar-refractivity contribution in [1.29, 1.82) is 0 Å². The minimum absolute atomic E-state index is 0.0339. The number of anilines is 2. The molecule has 0 bridgehead atoms. The third kappa shape index (κ3) is 11.7. The Morgan fingerprint density at radius 3 is 1.60 bits per heavy atom. The van der Waals surface area contributed by atoms with Crippen molar-refractivity contribution in [2.24, 2.45) is 10.3 Å². The maximum atomic E-state index is 13.8. The predicted molar refractivity (Wildman–Crippen MR) is 209 cm³/mol. The highest BCUT2D eigenvalue weighted by molar-refractivity contribution is 7.89. The van der Waals surface area contributed by atoms with Crippen LogP contribution < -0.4 is 25.6 Å². The van der Waals surface area contributed by atoms with Crippen LogP contribution in [0.5, 0.6) is 5.75 Å². The third-order valence-electron chi connectivity index (χ3n) is 8.36. The molecule has 2 aromatic heterocycles. The Morgan fingerprint density at radius 2 is 1.18 bits per heavy atom. The number of hydrogen-bond donors (Lipinski definition) is 4. The third-order valence-corrected chi connectivity index (χ3v) is 10.6. The number of amides is 2. The van der Waals surface area contributed by atoms with E-state index < -0.39 is 77.4 Å². The van der Waals surface area contributed by atoms with E-state index in [1.54, 1.807) is 24.3 Å². The molecule has 0 radical (unpaired) electrons. The van der Waals surface area contributed by atoms with Gasteiger partial charge in [-0.25, -0.2) is 40.9 Å². The van der Waals surface area contributed by atoms with Crippen LogP contribution in [0.4, 0.5) is 42.1 Å². The van der Waals surface area contributed by atoms with Crippen molar-refractivity contribution in [3.63, 3.8) is 0 Å². The van der Waals surface area contributed by atoms with Crippen molar-refractivity contribution in [2.45, 2.75) is 35.0 Å². The number of nitrogens with zero attached hydrogens (tertiary/aromatic N) is 4. The van der Waals surface area contributed by atoms with E-state index in [-0.39, 0.29) is 39.8 Å². The van der Waals surface area contributed by atoms with Gasteiger partial charge in [-0.15, -0.1) is 0 Å². The Kier molecular flexibility index (Phi) is 13.8. The first-order valence-electron chi connectivity index (χ1n) is 17.1. The van der Waals surface area contributed by atoms with Crippen LogP contribution >= 0.6 is 11.6 Å². The second kappa shape index (κ2) is 18.3. The monoisotopic (exact) mass is 930 g/mol. The fourth-order valence-electron chi connectivity index (χ4n) is 5.51. The van der Waals surface area contributed by atoms with Crippen LogP contribution in [-0.4, -0.2) is 55.3 Å². The van der Waals surface area contributed by atoms with E-state index in [0.717, 1.165) is 28.9 Å². The summed E-state index contributed by atoms with van der Waals surface area (Å²) in [6.45, 7) is 0. The second-order valence-electron chi connectivity index (χ2n) is 12.8. The van der Waals surface area contributed by atoms with Crippen molar-refractivity contribution in [3.05, 3.63) is 137 Å². The van der Waals surface area contributed by atoms with Crippen molar-refractivity contribution >= 4 is 54.8 Å². The molecule has 62 heavy (non-hydrogen) atoms. The number of hydrogen-bond acceptors (Lipinski definition) is 9. The van der Waals surface area contributed by atoms with Gasteiger partial charge in [0.15, 0.2) is 0 Å². The molecular weight excluding hydrogens is 901 g/mol. The molecule has 0 unspecified atom stereocenters. The Morgan fingerprint density at radius 1 is 0.710 bits per heavy atom. The normalized spacial score (nSPS) is 12.0. The topological polar surface area (TPSA) is 223 Å². The minimum atomic E-state index is -4.68. The van der Waals surface area contributed by atoms with Gasteiger partial charge in [0.1, 0.15) is 21.4 Å². The van der Waals surface area contributed by atoms with Crippen LogP contribution in [0, 0.1) is 5.82 Å². The number of para-hydroxylation sites is 1. The van der Waals surface area contributed by atoms with E-state index in [0.29, 0.717) is 40.8 Å². The molecule has 6 rings (SSSR count). The molecule has 0 spiro atoms. The zero-order chi connectivity index (χ0) is 45.8. The summed E-state index contributed by atoms with van der Waals surface area (Å²) in [5, 5.41) is 22.4. The number of carbonyl (C=O) groups is 2. The second-order valence-corrected chi connectivity index (χ2v) is 16.2. The van der Waals surface area contributed by atoms with Gasteiger partial charge >= 0.3 is 12.4 Å². The van der Waals surface area contributed by atoms with E-state index in [9.17, 15) is 57.2 Å². The summed E-state index contributed by atoms with van der Waals surface area (Å²) in [5.74, 6) is -1.35. The number of alkyl halides is 6. The SMILES string of the molecule is COc1ccccc1CC(=O)Nc1ccc(-n2cc(C(F)(F)F)cn2)c(S(N)(=O)=O)c1.NS(=O)(=O)c1cc(NC(=O)Cc2c(F)cccc2Cl)ccc1-n1cc(C(F)(F)F)cn1. The zero-order valence-corrected chi connectivity index (χ0v) is 33.8.